The lowest BCUT2D eigenvalue weighted by Crippen LogP contribution is -2.15. The van der Waals surface area contributed by atoms with E-state index in [0.717, 1.165) is 11.1 Å². The maximum Gasteiger partial charge on any atom is 0.340 e. The van der Waals surface area contributed by atoms with Gasteiger partial charge in [-0.05, 0) is 60.7 Å². The van der Waals surface area contributed by atoms with Crippen molar-refractivity contribution < 1.29 is 14.3 Å². The molecule has 0 radical (unpaired) electrons. The first-order valence-electron chi connectivity index (χ1n) is 13.5. The Morgan fingerprint density at radius 1 is 0.951 bits per heavy atom. The van der Waals surface area contributed by atoms with Crippen LogP contribution < -0.4 is 10.6 Å². The molecule has 0 aliphatic rings. The summed E-state index contributed by atoms with van der Waals surface area (Å²) in [4.78, 5) is 35.0. The van der Waals surface area contributed by atoms with Crippen LogP contribution in [0.2, 0.25) is 0 Å². The fourth-order valence-corrected chi connectivity index (χ4v) is 4.62. The van der Waals surface area contributed by atoms with E-state index in [2.05, 4.69) is 36.4 Å². The molecule has 0 saturated heterocycles. The van der Waals surface area contributed by atoms with Gasteiger partial charge in [-0.3, -0.25) is 4.79 Å². The van der Waals surface area contributed by atoms with Crippen molar-refractivity contribution in [1.29, 1.82) is 0 Å². The van der Waals surface area contributed by atoms with E-state index in [1.165, 1.54) is 5.56 Å². The number of hydrogen-bond donors (Lipinski definition) is 2. The smallest absolute Gasteiger partial charge is 0.340 e. The molecular weight excluding hydrogens is 514 g/mol. The van der Waals surface area contributed by atoms with Crippen LogP contribution >= 0.6 is 0 Å². The summed E-state index contributed by atoms with van der Waals surface area (Å²) >= 11 is 0. The maximum absolute atomic E-state index is 13.1. The average molecular weight is 548 g/mol. The summed E-state index contributed by atoms with van der Waals surface area (Å²) in [6.07, 6.45) is 5.42. The number of ether oxygens (including phenoxy) is 1. The Bertz CT molecular complexity index is 1730. The molecule has 0 aliphatic heterocycles. The Morgan fingerprint density at radius 3 is 2.41 bits per heavy atom. The van der Waals surface area contributed by atoms with Gasteiger partial charge < -0.3 is 19.8 Å². The third-order valence-electron chi connectivity index (χ3n) is 6.92. The number of aromatic nitrogens is 3. The fourth-order valence-electron chi connectivity index (χ4n) is 4.62. The van der Waals surface area contributed by atoms with Gasteiger partial charge in [-0.1, -0.05) is 57.2 Å². The van der Waals surface area contributed by atoms with Crippen LogP contribution in [-0.2, 0) is 10.2 Å². The molecule has 0 bridgehead atoms. The highest BCUT2D eigenvalue weighted by Crippen LogP contribution is 2.31. The van der Waals surface area contributed by atoms with Gasteiger partial charge in [0.1, 0.15) is 0 Å². The van der Waals surface area contributed by atoms with Crippen molar-refractivity contribution >= 4 is 34.7 Å². The number of amides is 1. The van der Waals surface area contributed by atoms with Crippen LogP contribution in [0.15, 0.2) is 85.3 Å². The monoisotopic (exact) mass is 547 g/mol. The first-order chi connectivity index (χ1) is 19.7. The largest absolute Gasteiger partial charge is 0.462 e. The SMILES string of the molecule is CCOC(=O)c1ccccc1Nc1nc(-c2cccc(NC(=O)c3ccc(C(C)(C)C)cc3)c2C)cn2ccnc12. The van der Waals surface area contributed by atoms with Crippen LogP contribution in [0.3, 0.4) is 0 Å². The molecular formula is C33H33N5O3. The molecule has 5 aromatic rings. The van der Waals surface area contributed by atoms with E-state index < -0.39 is 5.97 Å². The first kappa shape index (κ1) is 27.6. The highest BCUT2D eigenvalue weighted by Gasteiger charge is 2.18. The molecule has 0 fully saturated rings. The van der Waals surface area contributed by atoms with Crippen molar-refractivity contribution in [3.05, 3.63) is 108 Å². The van der Waals surface area contributed by atoms with Crippen LogP contribution in [0.5, 0.6) is 0 Å². The van der Waals surface area contributed by atoms with Crippen molar-refractivity contribution in [3.8, 4) is 11.3 Å². The van der Waals surface area contributed by atoms with Gasteiger partial charge in [-0.15, -0.1) is 0 Å². The summed E-state index contributed by atoms with van der Waals surface area (Å²) in [6.45, 7) is 10.4. The number of imidazole rings is 1. The fraction of sp³-hybridized carbons (Fsp3) is 0.212. The van der Waals surface area contributed by atoms with Crippen molar-refractivity contribution in [1.82, 2.24) is 14.4 Å². The second-order valence-electron chi connectivity index (χ2n) is 10.8. The predicted molar refractivity (Wildman–Crippen MR) is 162 cm³/mol. The lowest BCUT2D eigenvalue weighted by Gasteiger charge is -2.19. The van der Waals surface area contributed by atoms with Crippen LogP contribution in [0.4, 0.5) is 17.2 Å². The van der Waals surface area contributed by atoms with Gasteiger partial charge in [-0.2, -0.15) is 0 Å². The third kappa shape index (κ3) is 5.82. The summed E-state index contributed by atoms with van der Waals surface area (Å²) in [5.41, 5.74) is 6.44. The minimum atomic E-state index is -0.418. The van der Waals surface area contributed by atoms with Gasteiger partial charge in [0.25, 0.3) is 5.91 Å². The number of anilines is 3. The van der Waals surface area contributed by atoms with Gasteiger partial charge in [0.2, 0.25) is 0 Å². The number of esters is 1. The van der Waals surface area contributed by atoms with E-state index in [4.69, 9.17) is 9.72 Å². The number of benzene rings is 3. The van der Waals surface area contributed by atoms with Crippen LogP contribution in [0.1, 0.15) is 59.5 Å². The Labute approximate surface area is 239 Å². The molecule has 2 heterocycles. The van der Waals surface area contributed by atoms with Gasteiger partial charge >= 0.3 is 5.97 Å². The molecule has 8 heteroatoms. The number of nitrogens with zero attached hydrogens (tertiary/aromatic N) is 3. The minimum absolute atomic E-state index is 0.0118. The second kappa shape index (κ2) is 11.3. The van der Waals surface area contributed by atoms with Gasteiger partial charge in [0.05, 0.1) is 23.6 Å². The van der Waals surface area contributed by atoms with Crippen molar-refractivity contribution in [3.63, 3.8) is 0 Å². The Hall–Kier alpha value is -4.98. The van der Waals surface area contributed by atoms with Crippen LogP contribution in [0.25, 0.3) is 16.9 Å². The topological polar surface area (TPSA) is 97.6 Å². The van der Waals surface area contributed by atoms with E-state index in [1.807, 2.05) is 72.2 Å². The van der Waals surface area contributed by atoms with E-state index >= 15 is 0 Å². The average Bonchev–Trinajstić information content (AvgIpc) is 3.43. The standard InChI is InChI=1S/C33H33N5O3/c1-6-41-32(40)25-10-7-8-12-27(25)35-29-30-34-18-19-38(30)20-28(36-29)24-11-9-13-26(21(24)2)37-31(39)22-14-16-23(17-15-22)33(3,4)5/h7-20H,6H2,1-5H3,(H,35,36)(H,37,39). The zero-order valence-electron chi connectivity index (χ0n) is 23.9. The normalized spacial score (nSPS) is 11.3. The zero-order chi connectivity index (χ0) is 29.1. The van der Waals surface area contributed by atoms with Crippen molar-refractivity contribution in [2.45, 2.75) is 40.0 Å². The molecule has 0 saturated carbocycles. The first-order valence-corrected chi connectivity index (χ1v) is 13.5. The number of fused-ring (bicyclic) bond motifs is 1. The highest BCUT2D eigenvalue weighted by molar-refractivity contribution is 6.05. The quantitative estimate of drug-likeness (QED) is 0.210. The lowest BCUT2D eigenvalue weighted by molar-refractivity contribution is 0.0527. The van der Waals surface area contributed by atoms with Crippen molar-refractivity contribution in [2.24, 2.45) is 0 Å². The maximum atomic E-state index is 13.1. The molecule has 1 amide bonds. The molecule has 0 atom stereocenters. The second-order valence-corrected chi connectivity index (χ2v) is 10.8. The predicted octanol–water partition coefficient (Wildman–Crippen LogP) is 7.17. The molecule has 8 nitrogen and oxygen atoms in total. The number of carbonyl (C=O) groups excluding carboxylic acids is 2. The molecule has 2 aromatic heterocycles. The molecule has 0 spiro atoms. The van der Waals surface area contributed by atoms with Gasteiger partial charge in [0, 0.05) is 35.4 Å². The lowest BCUT2D eigenvalue weighted by atomic mass is 9.86. The van der Waals surface area contributed by atoms with Crippen LogP contribution in [-0.4, -0.2) is 32.9 Å². The van der Waals surface area contributed by atoms with E-state index in [0.29, 0.717) is 39.7 Å². The van der Waals surface area contributed by atoms with Gasteiger partial charge in [0.15, 0.2) is 11.5 Å². The molecule has 41 heavy (non-hydrogen) atoms. The third-order valence-corrected chi connectivity index (χ3v) is 6.92. The zero-order valence-corrected chi connectivity index (χ0v) is 23.9. The number of para-hydroxylation sites is 1. The summed E-state index contributed by atoms with van der Waals surface area (Å²) in [5.74, 6) is -0.114. The van der Waals surface area contributed by atoms with E-state index in [9.17, 15) is 9.59 Å². The number of hydrogen-bond acceptors (Lipinski definition) is 6. The molecule has 2 N–H and O–H groups in total. The Morgan fingerprint density at radius 2 is 1.68 bits per heavy atom. The Balaban J connectivity index is 1.47. The van der Waals surface area contributed by atoms with E-state index in [1.54, 1.807) is 31.3 Å². The number of nitrogens with one attached hydrogen (secondary N) is 2. The van der Waals surface area contributed by atoms with Gasteiger partial charge in [-0.25, -0.2) is 14.8 Å². The number of carbonyl (C=O) groups is 2. The summed E-state index contributed by atoms with van der Waals surface area (Å²) in [5, 5.41) is 6.35. The summed E-state index contributed by atoms with van der Waals surface area (Å²) in [6, 6.07) is 20.6. The van der Waals surface area contributed by atoms with E-state index in [-0.39, 0.29) is 17.9 Å². The van der Waals surface area contributed by atoms with Crippen molar-refractivity contribution in [2.75, 3.05) is 17.2 Å². The molecule has 0 aliphatic carbocycles. The summed E-state index contributed by atoms with van der Waals surface area (Å²) in [7, 11) is 0. The minimum Gasteiger partial charge on any atom is -0.462 e. The summed E-state index contributed by atoms with van der Waals surface area (Å²) < 4.78 is 7.10. The Kier molecular flexibility index (Phi) is 7.57. The molecule has 5 rings (SSSR count). The van der Waals surface area contributed by atoms with Crippen LogP contribution in [0, 0.1) is 6.92 Å². The molecule has 208 valence electrons. The molecule has 0 unspecified atom stereocenters. The molecule has 3 aromatic carbocycles. The number of rotatable bonds is 7. The highest BCUT2D eigenvalue weighted by atomic mass is 16.5.